The maximum Gasteiger partial charge on any atom is 0.356 e. The Balaban J connectivity index is 2.37. The van der Waals surface area contributed by atoms with Gasteiger partial charge >= 0.3 is 5.97 Å². The van der Waals surface area contributed by atoms with E-state index in [2.05, 4.69) is 10.1 Å². The van der Waals surface area contributed by atoms with E-state index in [0.29, 0.717) is 5.71 Å². The molecular formula is C14H19N3O2S. The summed E-state index contributed by atoms with van der Waals surface area (Å²) in [6, 6.07) is 3.81. The van der Waals surface area contributed by atoms with Crippen LogP contribution in [0.25, 0.3) is 0 Å². The van der Waals surface area contributed by atoms with Gasteiger partial charge in [0.1, 0.15) is 10.9 Å². The summed E-state index contributed by atoms with van der Waals surface area (Å²) >= 11 is 1.53. The summed E-state index contributed by atoms with van der Waals surface area (Å²) in [4.78, 5) is 16.7. The van der Waals surface area contributed by atoms with E-state index in [9.17, 15) is 4.79 Å². The predicted octanol–water partition coefficient (Wildman–Crippen LogP) is 2.63. The molecule has 1 aliphatic heterocycles. The van der Waals surface area contributed by atoms with Crippen molar-refractivity contribution in [1.82, 2.24) is 4.98 Å². The average Bonchev–Trinajstić information content (AvgIpc) is 2.36. The van der Waals surface area contributed by atoms with Gasteiger partial charge in [-0.15, -0.1) is 11.8 Å². The highest BCUT2D eigenvalue weighted by Crippen LogP contribution is 2.37. The SMILES string of the molecule is CSC1C(C(=O)OC(C)(C)C)=NN(C)c2cccnc21. The van der Waals surface area contributed by atoms with Crippen molar-refractivity contribution in [3.63, 3.8) is 0 Å². The van der Waals surface area contributed by atoms with Gasteiger partial charge < -0.3 is 4.74 Å². The first-order valence-electron chi connectivity index (χ1n) is 6.37. The molecule has 6 heteroatoms. The largest absolute Gasteiger partial charge is 0.455 e. The lowest BCUT2D eigenvalue weighted by molar-refractivity contribution is -0.146. The number of thioether (sulfide) groups is 1. The number of pyridine rings is 1. The van der Waals surface area contributed by atoms with Gasteiger partial charge in [0.2, 0.25) is 0 Å². The molecule has 0 N–H and O–H groups in total. The highest BCUT2D eigenvalue weighted by Gasteiger charge is 2.35. The molecule has 0 saturated carbocycles. The Morgan fingerprint density at radius 3 is 2.75 bits per heavy atom. The molecule has 0 spiro atoms. The van der Waals surface area contributed by atoms with Crippen LogP contribution in [0.3, 0.4) is 0 Å². The third kappa shape index (κ3) is 2.95. The van der Waals surface area contributed by atoms with Crippen LogP contribution in [0.4, 0.5) is 5.69 Å². The zero-order chi connectivity index (χ0) is 14.9. The molecule has 1 unspecified atom stereocenters. The van der Waals surface area contributed by atoms with Crippen LogP contribution in [0.5, 0.6) is 0 Å². The molecule has 0 aromatic carbocycles. The number of anilines is 1. The molecule has 108 valence electrons. The minimum absolute atomic E-state index is 0.197. The lowest BCUT2D eigenvalue weighted by Crippen LogP contribution is -2.36. The lowest BCUT2D eigenvalue weighted by Gasteiger charge is -2.29. The van der Waals surface area contributed by atoms with Gasteiger partial charge in [0.15, 0.2) is 5.71 Å². The van der Waals surface area contributed by atoms with Crippen molar-refractivity contribution in [3.05, 3.63) is 24.0 Å². The number of carbonyl (C=O) groups excluding carboxylic acids is 1. The Morgan fingerprint density at radius 2 is 2.15 bits per heavy atom. The van der Waals surface area contributed by atoms with Gasteiger partial charge in [-0.3, -0.25) is 9.99 Å². The minimum atomic E-state index is -0.536. The first-order valence-corrected chi connectivity index (χ1v) is 7.65. The van der Waals surface area contributed by atoms with Crippen molar-refractivity contribution in [1.29, 1.82) is 0 Å². The number of rotatable bonds is 2. The van der Waals surface area contributed by atoms with Crippen LogP contribution in [0.2, 0.25) is 0 Å². The summed E-state index contributed by atoms with van der Waals surface area (Å²) in [6.07, 6.45) is 3.67. The molecule has 1 aliphatic rings. The fraction of sp³-hybridized carbons (Fsp3) is 0.500. The Hall–Kier alpha value is -1.56. The predicted molar refractivity (Wildman–Crippen MR) is 82.2 cm³/mol. The number of ether oxygens (including phenoxy) is 1. The smallest absolute Gasteiger partial charge is 0.356 e. The van der Waals surface area contributed by atoms with Crippen LogP contribution in [0.15, 0.2) is 23.4 Å². The molecule has 0 saturated heterocycles. The molecule has 1 aromatic rings. The van der Waals surface area contributed by atoms with Gasteiger partial charge in [0, 0.05) is 13.2 Å². The van der Waals surface area contributed by atoms with Crippen molar-refractivity contribution in [3.8, 4) is 0 Å². The second kappa shape index (κ2) is 5.44. The molecular weight excluding hydrogens is 274 g/mol. The number of hydrogen-bond acceptors (Lipinski definition) is 6. The van der Waals surface area contributed by atoms with E-state index in [1.807, 2.05) is 39.2 Å². The first kappa shape index (κ1) is 14.8. The number of aromatic nitrogens is 1. The molecule has 0 fully saturated rings. The van der Waals surface area contributed by atoms with Crippen molar-refractivity contribution < 1.29 is 9.53 Å². The van der Waals surface area contributed by atoms with E-state index in [1.165, 1.54) is 11.8 Å². The molecule has 0 radical (unpaired) electrons. The van der Waals surface area contributed by atoms with Crippen molar-refractivity contribution in [2.45, 2.75) is 31.6 Å². The van der Waals surface area contributed by atoms with E-state index in [0.717, 1.165) is 11.4 Å². The summed E-state index contributed by atoms with van der Waals surface area (Å²) in [6.45, 7) is 5.54. The molecule has 5 nitrogen and oxygen atoms in total. The van der Waals surface area contributed by atoms with E-state index < -0.39 is 5.60 Å². The van der Waals surface area contributed by atoms with Crippen molar-refractivity contribution in [2.24, 2.45) is 5.10 Å². The number of esters is 1. The number of nitrogens with zero attached hydrogens (tertiary/aromatic N) is 3. The number of hydrazone groups is 1. The number of fused-ring (bicyclic) bond motifs is 1. The summed E-state index contributed by atoms with van der Waals surface area (Å²) in [7, 11) is 1.81. The van der Waals surface area contributed by atoms with Crippen LogP contribution in [-0.4, -0.2) is 35.6 Å². The molecule has 20 heavy (non-hydrogen) atoms. The van der Waals surface area contributed by atoms with Crippen LogP contribution < -0.4 is 5.01 Å². The van der Waals surface area contributed by atoms with Crippen LogP contribution in [0.1, 0.15) is 31.7 Å². The fourth-order valence-electron chi connectivity index (χ4n) is 1.98. The second-order valence-corrected chi connectivity index (χ2v) is 6.48. The first-order chi connectivity index (χ1) is 9.33. The summed E-state index contributed by atoms with van der Waals surface area (Å²) < 4.78 is 5.44. The molecule has 0 amide bonds. The van der Waals surface area contributed by atoms with Gasteiger partial charge in [0.05, 0.1) is 11.4 Å². The third-order valence-corrected chi connectivity index (χ3v) is 3.68. The Labute approximate surface area is 123 Å². The molecule has 2 heterocycles. The van der Waals surface area contributed by atoms with Gasteiger partial charge in [-0.2, -0.15) is 5.10 Å². The van der Waals surface area contributed by atoms with Crippen LogP contribution in [0, 0.1) is 0 Å². The standard InChI is InChI=1S/C14H19N3O2S/c1-14(2,3)19-13(18)11-12(20-5)10-9(17(4)16-11)7-6-8-15-10/h6-8,12H,1-5H3. The van der Waals surface area contributed by atoms with Crippen molar-refractivity contribution >= 4 is 29.1 Å². The Morgan fingerprint density at radius 1 is 1.45 bits per heavy atom. The molecule has 1 aromatic heterocycles. The van der Waals surface area contributed by atoms with Gasteiger partial charge in [-0.1, -0.05) is 0 Å². The molecule has 2 rings (SSSR count). The maximum atomic E-state index is 12.3. The van der Waals surface area contributed by atoms with Crippen LogP contribution >= 0.6 is 11.8 Å². The van der Waals surface area contributed by atoms with E-state index in [4.69, 9.17) is 4.74 Å². The summed E-state index contributed by atoms with van der Waals surface area (Å²) in [5.74, 6) is -0.389. The Bertz CT molecular complexity index is 552. The van der Waals surface area contributed by atoms with Gasteiger partial charge in [0.25, 0.3) is 0 Å². The zero-order valence-electron chi connectivity index (χ0n) is 12.4. The molecule has 1 atom stereocenters. The molecule has 0 bridgehead atoms. The fourth-order valence-corrected chi connectivity index (χ4v) is 2.76. The third-order valence-electron chi connectivity index (χ3n) is 2.76. The average molecular weight is 293 g/mol. The maximum absolute atomic E-state index is 12.3. The summed E-state index contributed by atoms with van der Waals surface area (Å²) in [5, 5.41) is 5.85. The topological polar surface area (TPSA) is 54.8 Å². The minimum Gasteiger partial charge on any atom is -0.455 e. The van der Waals surface area contributed by atoms with E-state index in [1.54, 1.807) is 18.3 Å². The van der Waals surface area contributed by atoms with E-state index in [-0.39, 0.29) is 11.2 Å². The van der Waals surface area contributed by atoms with Crippen molar-refractivity contribution in [2.75, 3.05) is 18.3 Å². The quantitative estimate of drug-likeness (QED) is 0.785. The van der Waals surface area contributed by atoms with Crippen LogP contribution in [-0.2, 0) is 9.53 Å². The highest BCUT2D eigenvalue weighted by atomic mass is 32.2. The highest BCUT2D eigenvalue weighted by molar-refractivity contribution is 7.99. The lowest BCUT2D eigenvalue weighted by atomic mass is 10.1. The summed E-state index contributed by atoms with van der Waals surface area (Å²) in [5.41, 5.74) is 1.62. The Kier molecular flexibility index (Phi) is 4.04. The zero-order valence-corrected chi connectivity index (χ0v) is 13.2. The van der Waals surface area contributed by atoms with E-state index >= 15 is 0 Å². The monoisotopic (exact) mass is 293 g/mol. The van der Waals surface area contributed by atoms with Gasteiger partial charge in [-0.25, -0.2) is 4.79 Å². The normalized spacial score (nSPS) is 18.4. The molecule has 0 aliphatic carbocycles. The number of hydrogen-bond donors (Lipinski definition) is 0. The number of carbonyl (C=O) groups is 1. The van der Waals surface area contributed by atoms with Gasteiger partial charge in [-0.05, 0) is 39.2 Å². The second-order valence-electron chi connectivity index (χ2n) is 5.53.